The maximum absolute atomic E-state index is 12.9. The first-order chi connectivity index (χ1) is 11.6. The number of nitrogens with zero attached hydrogens (tertiary/aromatic N) is 3. The molecule has 2 aromatic rings. The van der Waals surface area contributed by atoms with Crippen LogP contribution in [0, 0.1) is 19.8 Å². The van der Waals surface area contributed by atoms with Crippen molar-refractivity contribution in [1.29, 1.82) is 0 Å². The van der Waals surface area contributed by atoms with Crippen molar-refractivity contribution < 1.29 is 14.4 Å². The Labute approximate surface area is 138 Å². The standard InChI is InChI=1S/C18H15N3O3/c1-10-5-6-13(11(2)8-10)21-17(22)14-15(12-4-3-7-19-9-12)20-24-16(14)18(21)23/h3-9,14,16H,1-2H3/t14-,16-/m0/s1. The number of hydrogen-bond donors (Lipinski definition) is 0. The van der Waals surface area contributed by atoms with Gasteiger partial charge in [0.05, 0.1) is 5.69 Å². The summed E-state index contributed by atoms with van der Waals surface area (Å²) in [5.41, 5.74) is 3.69. The van der Waals surface area contributed by atoms with Gasteiger partial charge in [-0.3, -0.25) is 14.6 Å². The smallest absolute Gasteiger partial charge is 0.278 e. The van der Waals surface area contributed by atoms with Gasteiger partial charge in [-0.2, -0.15) is 0 Å². The Morgan fingerprint density at radius 1 is 1.12 bits per heavy atom. The van der Waals surface area contributed by atoms with Crippen molar-refractivity contribution in [2.75, 3.05) is 4.90 Å². The Balaban J connectivity index is 1.74. The molecular weight excluding hydrogens is 306 g/mol. The normalized spacial score (nSPS) is 22.4. The van der Waals surface area contributed by atoms with Gasteiger partial charge in [0.15, 0.2) is 0 Å². The van der Waals surface area contributed by atoms with Crippen molar-refractivity contribution in [3.63, 3.8) is 0 Å². The van der Waals surface area contributed by atoms with Crippen molar-refractivity contribution in [3.8, 4) is 0 Å². The Kier molecular flexibility index (Phi) is 3.19. The van der Waals surface area contributed by atoms with Crippen LogP contribution < -0.4 is 4.90 Å². The molecule has 4 rings (SSSR count). The highest BCUT2D eigenvalue weighted by Crippen LogP contribution is 2.36. The number of aromatic nitrogens is 1. The van der Waals surface area contributed by atoms with Gasteiger partial charge in [-0.05, 0) is 37.6 Å². The summed E-state index contributed by atoms with van der Waals surface area (Å²) in [5.74, 6) is -1.40. The Morgan fingerprint density at radius 3 is 2.67 bits per heavy atom. The molecule has 2 amide bonds. The third-order valence-corrected chi connectivity index (χ3v) is 4.36. The van der Waals surface area contributed by atoms with Crippen molar-refractivity contribution in [1.82, 2.24) is 4.98 Å². The number of aryl methyl sites for hydroxylation is 2. The molecule has 1 aromatic carbocycles. The lowest BCUT2D eigenvalue weighted by Gasteiger charge is -2.18. The Hall–Kier alpha value is -3.02. The average molecular weight is 321 g/mol. The zero-order valence-corrected chi connectivity index (χ0v) is 13.3. The minimum absolute atomic E-state index is 0.308. The SMILES string of the molecule is Cc1ccc(N2C(=O)[C@H]3C(c4cccnc4)=NO[C@@H]3C2=O)c(C)c1. The summed E-state index contributed by atoms with van der Waals surface area (Å²) >= 11 is 0. The van der Waals surface area contributed by atoms with Crippen LogP contribution in [0.2, 0.25) is 0 Å². The molecule has 0 N–H and O–H groups in total. The van der Waals surface area contributed by atoms with Gasteiger partial charge in [-0.25, -0.2) is 4.90 Å². The molecule has 24 heavy (non-hydrogen) atoms. The monoisotopic (exact) mass is 321 g/mol. The van der Waals surface area contributed by atoms with Gasteiger partial charge in [-0.15, -0.1) is 0 Å². The largest absolute Gasteiger partial charge is 0.381 e. The second kappa shape index (κ2) is 5.26. The fraction of sp³-hybridized carbons (Fsp3) is 0.222. The first-order valence-electron chi connectivity index (χ1n) is 7.67. The summed E-state index contributed by atoms with van der Waals surface area (Å²) in [5, 5.41) is 3.96. The molecule has 2 aliphatic rings. The van der Waals surface area contributed by atoms with E-state index in [-0.39, 0.29) is 11.8 Å². The van der Waals surface area contributed by atoms with Crippen LogP contribution in [0.4, 0.5) is 5.69 Å². The maximum atomic E-state index is 12.9. The van der Waals surface area contributed by atoms with Crippen molar-refractivity contribution in [2.24, 2.45) is 11.1 Å². The predicted molar refractivity (Wildman–Crippen MR) is 87.5 cm³/mol. The van der Waals surface area contributed by atoms with E-state index >= 15 is 0 Å². The molecule has 0 spiro atoms. The lowest BCUT2D eigenvalue weighted by molar-refractivity contribution is -0.126. The summed E-state index contributed by atoms with van der Waals surface area (Å²) in [6.07, 6.45) is 2.36. The number of amides is 2. The summed E-state index contributed by atoms with van der Waals surface area (Å²) in [6, 6.07) is 9.18. The molecule has 0 bridgehead atoms. The highest BCUT2D eigenvalue weighted by molar-refractivity contribution is 6.32. The highest BCUT2D eigenvalue weighted by Gasteiger charge is 2.56. The fourth-order valence-electron chi connectivity index (χ4n) is 3.22. The number of fused-ring (bicyclic) bond motifs is 1. The summed E-state index contributed by atoms with van der Waals surface area (Å²) in [4.78, 5) is 36.2. The molecule has 0 unspecified atom stereocenters. The van der Waals surface area contributed by atoms with E-state index in [0.717, 1.165) is 11.1 Å². The van der Waals surface area contributed by atoms with E-state index in [4.69, 9.17) is 4.84 Å². The first kappa shape index (κ1) is 14.6. The number of anilines is 1. The van der Waals surface area contributed by atoms with Crippen LogP contribution >= 0.6 is 0 Å². The maximum Gasteiger partial charge on any atom is 0.278 e. The molecule has 1 saturated heterocycles. The van der Waals surface area contributed by atoms with Crippen LogP contribution in [-0.2, 0) is 14.4 Å². The number of benzene rings is 1. The van der Waals surface area contributed by atoms with E-state index < -0.39 is 12.0 Å². The molecule has 1 aromatic heterocycles. The zero-order chi connectivity index (χ0) is 16.8. The number of oxime groups is 1. The first-order valence-corrected chi connectivity index (χ1v) is 7.67. The number of hydrogen-bond acceptors (Lipinski definition) is 5. The third kappa shape index (κ3) is 2.03. The quantitative estimate of drug-likeness (QED) is 0.793. The van der Waals surface area contributed by atoms with Gasteiger partial charge in [0.25, 0.3) is 5.91 Å². The Bertz CT molecular complexity index is 876. The molecule has 6 heteroatoms. The number of carbonyl (C=O) groups excluding carboxylic acids is 2. The molecule has 6 nitrogen and oxygen atoms in total. The minimum Gasteiger partial charge on any atom is -0.381 e. The van der Waals surface area contributed by atoms with Crippen LogP contribution in [0.5, 0.6) is 0 Å². The second-order valence-electron chi connectivity index (χ2n) is 6.02. The molecule has 1 fully saturated rings. The lowest BCUT2D eigenvalue weighted by Crippen LogP contribution is -2.33. The topological polar surface area (TPSA) is 71.9 Å². The van der Waals surface area contributed by atoms with E-state index in [1.807, 2.05) is 26.0 Å². The number of imide groups is 1. The van der Waals surface area contributed by atoms with Crippen molar-refractivity contribution in [2.45, 2.75) is 20.0 Å². The molecular formula is C18H15N3O3. The fourth-order valence-corrected chi connectivity index (χ4v) is 3.22. The number of pyridine rings is 1. The summed E-state index contributed by atoms with van der Waals surface area (Å²) in [6.45, 7) is 3.85. The van der Waals surface area contributed by atoms with Gasteiger partial charge < -0.3 is 4.84 Å². The number of rotatable bonds is 2. The van der Waals surface area contributed by atoms with Crippen LogP contribution in [0.3, 0.4) is 0 Å². The van der Waals surface area contributed by atoms with E-state index in [1.54, 1.807) is 30.6 Å². The van der Waals surface area contributed by atoms with E-state index in [9.17, 15) is 9.59 Å². The zero-order valence-electron chi connectivity index (χ0n) is 13.3. The summed E-state index contributed by atoms with van der Waals surface area (Å²) in [7, 11) is 0. The third-order valence-electron chi connectivity index (χ3n) is 4.36. The lowest BCUT2D eigenvalue weighted by atomic mass is 9.95. The van der Waals surface area contributed by atoms with E-state index in [1.165, 1.54) is 4.90 Å². The van der Waals surface area contributed by atoms with Crippen molar-refractivity contribution in [3.05, 3.63) is 59.4 Å². The second-order valence-corrected chi connectivity index (χ2v) is 6.02. The Morgan fingerprint density at radius 2 is 1.96 bits per heavy atom. The molecule has 3 heterocycles. The minimum atomic E-state index is -0.895. The predicted octanol–water partition coefficient (Wildman–Crippen LogP) is 1.99. The average Bonchev–Trinajstić information content (AvgIpc) is 3.11. The van der Waals surface area contributed by atoms with Gasteiger partial charge >= 0.3 is 0 Å². The molecule has 0 radical (unpaired) electrons. The van der Waals surface area contributed by atoms with Gasteiger partial charge in [-0.1, -0.05) is 22.9 Å². The van der Waals surface area contributed by atoms with Gasteiger partial charge in [0.2, 0.25) is 12.0 Å². The molecule has 120 valence electrons. The van der Waals surface area contributed by atoms with Crippen LogP contribution in [0.15, 0.2) is 47.9 Å². The van der Waals surface area contributed by atoms with Gasteiger partial charge in [0, 0.05) is 18.0 Å². The molecule has 2 atom stereocenters. The summed E-state index contributed by atoms with van der Waals surface area (Å²) < 4.78 is 0. The van der Waals surface area contributed by atoms with Crippen LogP contribution in [-0.4, -0.2) is 28.6 Å². The van der Waals surface area contributed by atoms with E-state index in [0.29, 0.717) is 17.0 Å². The molecule has 2 aliphatic heterocycles. The van der Waals surface area contributed by atoms with Crippen LogP contribution in [0.1, 0.15) is 16.7 Å². The molecule has 0 aliphatic carbocycles. The van der Waals surface area contributed by atoms with Gasteiger partial charge in [0.1, 0.15) is 11.6 Å². The van der Waals surface area contributed by atoms with Crippen LogP contribution in [0.25, 0.3) is 0 Å². The van der Waals surface area contributed by atoms with Crippen molar-refractivity contribution >= 4 is 23.2 Å². The number of carbonyl (C=O) groups is 2. The van der Waals surface area contributed by atoms with E-state index in [2.05, 4.69) is 10.1 Å². The molecule has 0 saturated carbocycles. The highest BCUT2D eigenvalue weighted by atomic mass is 16.6.